The molecule has 6 heteroatoms. The number of ether oxygens (including phenoxy) is 1. The minimum absolute atomic E-state index is 0.416. The van der Waals surface area contributed by atoms with Gasteiger partial charge in [0.2, 0.25) is 0 Å². The molecule has 1 fully saturated rings. The Hall–Kier alpha value is -1.56. The lowest BCUT2D eigenvalue weighted by Gasteiger charge is -2.35. The van der Waals surface area contributed by atoms with Gasteiger partial charge in [0, 0.05) is 44.0 Å². The molecule has 0 saturated carbocycles. The zero-order chi connectivity index (χ0) is 18.6. The molecular formula is C20H34N4OS. The molecule has 0 aliphatic carbocycles. The number of piperidine rings is 1. The molecule has 5 nitrogen and oxygen atoms in total. The van der Waals surface area contributed by atoms with Crippen molar-refractivity contribution in [1.82, 2.24) is 10.6 Å². The fourth-order valence-corrected chi connectivity index (χ4v) is 3.69. The van der Waals surface area contributed by atoms with E-state index in [1.165, 1.54) is 30.7 Å². The van der Waals surface area contributed by atoms with Crippen molar-refractivity contribution < 1.29 is 4.74 Å². The number of aliphatic imine (C=N–C) groups is 1. The van der Waals surface area contributed by atoms with E-state index >= 15 is 0 Å². The fourth-order valence-electron chi connectivity index (χ4n) is 3.20. The number of hydrogen-bond donors (Lipinski definition) is 2. The summed E-state index contributed by atoms with van der Waals surface area (Å²) < 4.78 is 5.37. The summed E-state index contributed by atoms with van der Waals surface area (Å²) in [6, 6.07) is 8.75. The largest absolute Gasteiger partial charge is 0.497 e. The number of anilines is 1. The maximum absolute atomic E-state index is 5.37. The van der Waals surface area contributed by atoms with E-state index in [1.54, 1.807) is 7.11 Å². The van der Waals surface area contributed by atoms with Crippen LogP contribution < -0.4 is 20.3 Å². The number of methoxy groups -OCH3 is 1. The minimum atomic E-state index is 0.416. The van der Waals surface area contributed by atoms with E-state index in [0.717, 1.165) is 44.3 Å². The molecule has 1 saturated heterocycles. The number of thioether (sulfide) groups is 1. The molecule has 26 heavy (non-hydrogen) atoms. The van der Waals surface area contributed by atoms with Gasteiger partial charge >= 0.3 is 0 Å². The van der Waals surface area contributed by atoms with Crippen LogP contribution in [0.25, 0.3) is 0 Å². The van der Waals surface area contributed by atoms with Crippen LogP contribution in [0.5, 0.6) is 5.75 Å². The molecule has 1 atom stereocenters. The Morgan fingerprint density at radius 3 is 3.04 bits per heavy atom. The maximum atomic E-state index is 5.37. The molecule has 1 unspecified atom stereocenters. The Morgan fingerprint density at radius 2 is 2.27 bits per heavy atom. The standard InChI is InChI=1S/C20H34N4OS/c1-4-21-20(22-12-5-6-14-26-3)23-17-9-8-13-24(16-17)18-10-7-11-19(15-18)25-2/h7,10-11,15,17H,4-6,8-9,12-14,16H2,1-3H3,(H2,21,22,23). The lowest BCUT2D eigenvalue weighted by molar-refractivity contribution is 0.414. The van der Waals surface area contributed by atoms with E-state index in [2.05, 4.69) is 46.9 Å². The average Bonchev–Trinajstić information content (AvgIpc) is 2.68. The van der Waals surface area contributed by atoms with Gasteiger partial charge in [0.15, 0.2) is 5.96 Å². The van der Waals surface area contributed by atoms with Crippen molar-refractivity contribution in [2.45, 2.75) is 38.6 Å². The fraction of sp³-hybridized carbons (Fsp3) is 0.650. The molecular weight excluding hydrogens is 344 g/mol. The van der Waals surface area contributed by atoms with Crippen molar-refractivity contribution in [3.63, 3.8) is 0 Å². The highest BCUT2D eigenvalue weighted by atomic mass is 32.2. The molecule has 1 heterocycles. The summed E-state index contributed by atoms with van der Waals surface area (Å²) in [6.45, 7) is 5.98. The SMILES string of the molecule is CCNC(=NCCCCSC)NC1CCCN(c2cccc(OC)c2)C1. The first kappa shape index (κ1) is 20.7. The molecule has 146 valence electrons. The van der Waals surface area contributed by atoms with Crippen LogP contribution in [0.3, 0.4) is 0 Å². The summed E-state index contributed by atoms with van der Waals surface area (Å²) >= 11 is 1.91. The molecule has 0 aromatic heterocycles. The Morgan fingerprint density at radius 1 is 1.38 bits per heavy atom. The van der Waals surface area contributed by atoms with Crippen LogP contribution in [0.4, 0.5) is 5.69 Å². The van der Waals surface area contributed by atoms with Crippen molar-refractivity contribution in [3.8, 4) is 5.75 Å². The van der Waals surface area contributed by atoms with Crippen molar-refractivity contribution >= 4 is 23.4 Å². The summed E-state index contributed by atoms with van der Waals surface area (Å²) in [4.78, 5) is 7.19. The smallest absolute Gasteiger partial charge is 0.191 e. The van der Waals surface area contributed by atoms with Gasteiger partial charge in [-0.05, 0) is 56.7 Å². The number of nitrogens with one attached hydrogen (secondary N) is 2. The first-order valence-electron chi connectivity index (χ1n) is 9.69. The van der Waals surface area contributed by atoms with Crippen LogP contribution in [-0.2, 0) is 0 Å². The molecule has 0 spiro atoms. The van der Waals surface area contributed by atoms with Crippen LogP contribution in [0.2, 0.25) is 0 Å². The van der Waals surface area contributed by atoms with E-state index in [1.807, 2.05) is 17.8 Å². The Kier molecular flexibility index (Phi) is 9.53. The van der Waals surface area contributed by atoms with Gasteiger partial charge in [-0.15, -0.1) is 0 Å². The second kappa shape index (κ2) is 11.9. The van der Waals surface area contributed by atoms with Gasteiger partial charge in [-0.1, -0.05) is 6.07 Å². The van der Waals surface area contributed by atoms with Crippen LogP contribution in [0.1, 0.15) is 32.6 Å². The van der Waals surface area contributed by atoms with Crippen LogP contribution in [0.15, 0.2) is 29.3 Å². The van der Waals surface area contributed by atoms with Gasteiger partial charge in [-0.3, -0.25) is 4.99 Å². The quantitative estimate of drug-likeness (QED) is 0.392. The number of benzene rings is 1. The van der Waals surface area contributed by atoms with Gasteiger partial charge in [-0.25, -0.2) is 0 Å². The van der Waals surface area contributed by atoms with Gasteiger partial charge in [0.05, 0.1) is 7.11 Å². The van der Waals surface area contributed by atoms with Crippen molar-refractivity contribution in [2.24, 2.45) is 4.99 Å². The molecule has 0 radical (unpaired) electrons. The van der Waals surface area contributed by atoms with Gasteiger partial charge in [-0.2, -0.15) is 11.8 Å². The second-order valence-corrected chi connectivity index (χ2v) is 7.58. The Balaban J connectivity index is 1.90. The molecule has 0 amide bonds. The number of hydrogen-bond acceptors (Lipinski definition) is 4. The highest BCUT2D eigenvalue weighted by Gasteiger charge is 2.21. The molecule has 2 rings (SSSR count). The zero-order valence-electron chi connectivity index (χ0n) is 16.5. The molecule has 1 aliphatic heterocycles. The maximum Gasteiger partial charge on any atom is 0.191 e. The lowest BCUT2D eigenvalue weighted by Crippen LogP contribution is -2.51. The first-order chi connectivity index (χ1) is 12.8. The monoisotopic (exact) mass is 378 g/mol. The lowest BCUT2D eigenvalue weighted by atomic mass is 10.0. The average molecular weight is 379 g/mol. The summed E-state index contributed by atoms with van der Waals surface area (Å²) in [6.07, 6.45) is 6.90. The van der Waals surface area contributed by atoms with Crippen molar-refractivity contribution in [3.05, 3.63) is 24.3 Å². The normalized spacial score (nSPS) is 17.9. The van der Waals surface area contributed by atoms with Crippen molar-refractivity contribution in [2.75, 3.05) is 50.2 Å². The predicted molar refractivity (Wildman–Crippen MR) is 115 cm³/mol. The summed E-state index contributed by atoms with van der Waals surface area (Å²) in [5.74, 6) is 3.09. The highest BCUT2D eigenvalue weighted by Crippen LogP contribution is 2.24. The van der Waals surface area contributed by atoms with Gasteiger partial charge in [0.1, 0.15) is 5.75 Å². The number of unbranched alkanes of at least 4 members (excludes halogenated alkanes) is 1. The third-order valence-electron chi connectivity index (χ3n) is 4.55. The second-order valence-electron chi connectivity index (χ2n) is 6.59. The van der Waals surface area contributed by atoms with E-state index in [0.29, 0.717) is 6.04 Å². The highest BCUT2D eigenvalue weighted by molar-refractivity contribution is 7.98. The molecule has 1 aliphatic rings. The van der Waals surface area contributed by atoms with Crippen LogP contribution in [-0.4, -0.2) is 57.3 Å². The Labute approximate surface area is 163 Å². The van der Waals surface area contributed by atoms with E-state index in [4.69, 9.17) is 9.73 Å². The predicted octanol–water partition coefficient (Wildman–Crippen LogP) is 3.36. The van der Waals surface area contributed by atoms with Gasteiger partial charge in [0.25, 0.3) is 0 Å². The summed E-state index contributed by atoms with van der Waals surface area (Å²) in [5, 5.41) is 7.03. The van der Waals surface area contributed by atoms with Gasteiger partial charge < -0.3 is 20.3 Å². The number of nitrogens with zero attached hydrogens (tertiary/aromatic N) is 2. The third kappa shape index (κ3) is 6.98. The molecule has 2 N–H and O–H groups in total. The van der Waals surface area contributed by atoms with E-state index in [9.17, 15) is 0 Å². The molecule has 1 aromatic carbocycles. The summed E-state index contributed by atoms with van der Waals surface area (Å²) in [5.41, 5.74) is 1.23. The third-order valence-corrected chi connectivity index (χ3v) is 5.25. The first-order valence-corrected chi connectivity index (χ1v) is 11.1. The topological polar surface area (TPSA) is 48.9 Å². The molecule has 1 aromatic rings. The summed E-state index contributed by atoms with van der Waals surface area (Å²) in [7, 11) is 1.72. The van der Waals surface area contributed by atoms with Crippen LogP contribution in [0, 0.1) is 0 Å². The number of rotatable bonds is 9. The van der Waals surface area contributed by atoms with E-state index in [-0.39, 0.29) is 0 Å². The Bertz CT molecular complexity index is 552. The minimum Gasteiger partial charge on any atom is -0.497 e. The zero-order valence-corrected chi connectivity index (χ0v) is 17.3. The van der Waals surface area contributed by atoms with Crippen LogP contribution >= 0.6 is 11.8 Å². The number of guanidine groups is 1. The van der Waals surface area contributed by atoms with E-state index < -0.39 is 0 Å². The molecule has 0 bridgehead atoms. The van der Waals surface area contributed by atoms with Crippen molar-refractivity contribution in [1.29, 1.82) is 0 Å².